The number of rotatable bonds is 2. The molecule has 0 fully saturated rings. The van der Waals surface area contributed by atoms with E-state index in [2.05, 4.69) is 5.32 Å². The zero-order chi connectivity index (χ0) is 14.0. The highest BCUT2D eigenvalue weighted by Gasteiger charge is 2.09. The van der Waals surface area contributed by atoms with Crippen LogP contribution in [0.3, 0.4) is 0 Å². The number of aromatic hydroxyl groups is 1. The average Bonchev–Trinajstić information content (AvgIpc) is 2.37. The number of benzene rings is 2. The van der Waals surface area contributed by atoms with Gasteiger partial charge in [-0.2, -0.15) is 0 Å². The second kappa shape index (κ2) is 5.06. The highest BCUT2D eigenvalue weighted by Crippen LogP contribution is 2.19. The van der Waals surface area contributed by atoms with Crippen LogP contribution in [-0.2, 0) is 0 Å². The molecule has 1 amide bonds. The summed E-state index contributed by atoms with van der Waals surface area (Å²) in [5.41, 5.74) is 1.03. The molecular formula is C14H11F2NO2. The van der Waals surface area contributed by atoms with Gasteiger partial charge in [0.2, 0.25) is 0 Å². The predicted molar refractivity (Wildman–Crippen MR) is 67.2 cm³/mol. The highest BCUT2D eigenvalue weighted by atomic mass is 19.2. The molecule has 2 aromatic rings. The fraction of sp³-hybridized carbons (Fsp3) is 0.0714. The second-order valence-corrected chi connectivity index (χ2v) is 4.08. The Bertz CT molecular complexity index is 641. The lowest BCUT2D eigenvalue weighted by Crippen LogP contribution is -2.12. The van der Waals surface area contributed by atoms with Crippen molar-refractivity contribution in [3.05, 3.63) is 59.2 Å². The van der Waals surface area contributed by atoms with Gasteiger partial charge in [-0.15, -0.1) is 0 Å². The number of hydrogen-bond donors (Lipinski definition) is 2. The van der Waals surface area contributed by atoms with Crippen molar-refractivity contribution in [3.63, 3.8) is 0 Å². The number of aryl methyl sites for hydroxylation is 1. The Labute approximate surface area is 108 Å². The normalized spacial score (nSPS) is 10.3. The van der Waals surface area contributed by atoms with E-state index in [9.17, 15) is 18.7 Å². The van der Waals surface area contributed by atoms with Gasteiger partial charge in [-0.1, -0.05) is 0 Å². The molecule has 0 atom stereocenters. The molecule has 19 heavy (non-hydrogen) atoms. The molecule has 0 unspecified atom stereocenters. The summed E-state index contributed by atoms with van der Waals surface area (Å²) in [5.74, 6) is -2.38. The Morgan fingerprint density at radius 2 is 1.84 bits per heavy atom. The van der Waals surface area contributed by atoms with Gasteiger partial charge in [-0.3, -0.25) is 4.79 Å². The minimum absolute atomic E-state index is 0.0874. The maximum Gasteiger partial charge on any atom is 0.255 e. The third-order valence-corrected chi connectivity index (χ3v) is 2.64. The summed E-state index contributed by atoms with van der Waals surface area (Å²) in [6.45, 7) is 1.66. The van der Waals surface area contributed by atoms with Crippen molar-refractivity contribution in [2.45, 2.75) is 6.92 Å². The second-order valence-electron chi connectivity index (χ2n) is 4.08. The van der Waals surface area contributed by atoms with E-state index >= 15 is 0 Å². The maximum absolute atomic E-state index is 13.0. The number of anilines is 1. The van der Waals surface area contributed by atoms with Gasteiger partial charge in [0.25, 0.3) is 5.91 Å². The van der Waals surface area contributed by atoms with E-state index in [-0.39, 0.29) is 11.4 Å². The predicted octanol–water partition coefficient (Wildman–Crippen LogP) is 3.23. The van der Waals surface area contributed by atoms with E-state index in [1.807, 2.05) is 0 Å². The number of carbonyl (C=O) groups excluding carboxylic acids is 1. The van der Waals surface area contributed by atoms with Crippen molar-refractivity contribution >= 4 is 11.6 Å². The van der Waals surface area contributed by atoms with Crippen molar-refractivity contribution in [1.29, 1.82) is 0 Å². The van der Waals surface area contributed by atoms with E-state index in [1.54, 1.807) is 6.92 Å². The molecule has 0 saturated carbocycles. The first-order valence-electron chi connectivity index (χ1n) is 5.53. The van der Waals surface area contributed by atoms with Gasteiger partial charge in [0.1, 0.15) is 5.75 Å². The number of nitrogens with one attached hydrogen (secondary N) is 1. The molecular weight excluding hydrogens is 252 g/mol. The molecule has 0 saturated heterocycles. The molecule has 2 rings (SSSR count). The van der Waals surface area contributed by atoms with Crippen LogP contribution in [0.5, 0.6) is 5.75 Å². The topological polar surface area (TPSA) is 49.3 Å². The summed E-state index contributed by atoms with van der Waals surface area (Å²) < 4.78 is 25.7. The van der Waals surface area contributed by atoms with Crippen molar-refractivity contribution in [3.8, 4) is 5.75 Å². The molecule has 5 heteroatoms. The Balaban J connectivity index is 2.20. The zero-order valence-electron chi connectivity index (χ0n) is 10.1. The fourth-order valence-electron chi connectivity index (χ4n) is 1.57. The number of phenolic OH excluding ortho intramolecular Hbond substituents is 1. The van der Waals surface area contributed by atoms with Crippen LogP contribution in [0.25, 0.3) is 0 Å². The smallest absolute Gasteiger partial charge is 0.255 e. The highest BCUT2D eigenvalue weighted by molar-refractivity contribution is 6.04. The minimum Gasteiger partial charge on any atom is -0.508 e. The number of carbonyl (C=O) groups is 1. The maximum atomic E-state index is 13.0. The summed E-state index contributed by atoms with van der Waals surface area (Å²) in [4.78, 5) is 11.9. The third kappa shape index (κ3) is 2.88. The van der Waals surface area contributed by atoms with E-state index in [0.29, 0.717) is 11.1 Å². The molecule has 2 aromatic carbocycles. The quantitative estimate of drug-likeness (QED) is 0.873. The van der Waals surface area contributed by atoms with Crippen molar-refractivity contribution in [2.75, 3.05) is 5.32 Å². The van der Waals surface area contributed by atoms with Crippen LogP contribution in [-0.4, -0.2) is 11.0 Å². The summed E-state index contributed by atoms with van der Waals surface area (Å²) in [7, 11) is 0. The lowest BCUT2D eigenvalue weighted by atomic mass is 10.1. The Morgan fingerprint density at radius 1 is 1.11 bits per heavy atom. The lowest BCUT2D eigenvalue weighted by molar-refractivity contribution is 0.102. The Hall–Kier alpha value is -2.43. The van der Waals surface area contributed by atoms with Gasteiger partial charge in [-0.05, 0) is 42.8 Å². The molecule has 0 spiro atoms. The van der Waals surface area contributed by atoms with E-state index in [4.69, 9.17) is 0 Å². The van der Waals surface area contributed by atoms with Gasteiger partial charge in [0.15, 0.2) is 11.6 Å². The van der Waals surface area contributed by atoms with Gasteiger partial charge in [0.05, 0.1) is 0 Å². The molecule has 3 nitrogen and oxygen atoms in total. The van der Waals surface area contributed by atoms with Crippen molar-refractivity contribution in [1.82, 2.24) is 0 Å². The van der Waals surface area contributed by atoms with Crippen LogP contribution in [0.1, 0.15) is 15.9 Å². The number of amides is 1. The number of hydrogen-bond acceptors (Lipinski definition) is 2. The summed E-state index contributed by atoms with van der Waals surface area (Å²) in [5, 5.41) is 11.8. The van der Waals surface area contributed by atoms with Crippen LogP contribution < -0.4 is 5.32 Å². The standard InChI is InChI=1S/C14H11F2NO2/c1-8-6-9(2-5-13(8)18)14(19)17-10-3-4-11(15)12(16)7-10/h2-7,18H,1H3,(H,17,19). The number of phenols is 1. The van der Waals surface area contributed by atoms with Gasteiger partial charge < -0.3 is 10.4 Å². The molecule has 0 aliphatic carbocycles. The van der Waals surface area contributed by atoms with Crippen LogP contribution >= 0.6 is 0 Å². The SMILES string of the molecule is Cc1cc(C(=O)Nc2ccc(F)c(F)c2)ccc1O. The third-order valence-electron chi connectivity index (χ3n) is 2.64. The number of halogens is 2. The Morgan fingerprint density at radius 3 is 2.47 bits per heavy atom. The summed E-state index contributed by atoms with van der Waals surface area (Å²) in [6, 6.07) is 7.45. The van der Waals surface area contributed by atoms with Crippen LogP contribution in [0, 0.1) is 18.6 Å². The molecule has 0 heterocycles. The monoisotopic (exact) mass is 263 g/mol. The summed E-state index contributed by atoms with van der Waals surface area (Å²) in [6.07, 6.45) is 0. The van der Waals surface area contributed by atoms with E-state index in [1.165, 1.54) is 24.3 Å². The van der Waals surface area contributed by atoms with Crippen molar-refractivity contribution < 1.29 is 18.7 Å². The molecule has 0 aliphatic heterocycles. The molecule has 0 bridgehead atoms. The minimum atomic E-state index is -1.03. The van der Waals surface area contributed by atoms with Crippen LogP contribution in [0.15, 0.2) is 36.4 Å². The summed E-state index contributed by atoms with van der Waals surface area (Å²) >= 11 is 0. The van der Waals surface area contributed by atoms with Crippen molar-refractivity contribution in [2.24, 2.45) is 0 Å². The first-order valence-corrected chi connectivity index (χ1v) is 5.53. The van der Waals surface area contributed by atoms with E-state index < -0.39 is 17.5 Å². The first-order chi connectivity index (χ1) is 8.97. The van der Waals surface area contributed by atoms with Crippen LogP contribution in [0.2, 0.25) is 0 Å². The molecule has 0 aromatic heterocycles. The first kappa shape index (κ1) is 13.0. The molecule has 2 N–H and O–H groups in total. The molecule has 98 valence electrons. The Kier molecular flexibility index (Phi) is 3.46. The molecule has 0 radical (unpaired) electrons. The van der Waals surface area contributed by atoms with Gasteiger partial charge >= 0.3 is 0 Å². The average molecular weight is 263 g/mol. The van der Waals surface area contributed by atoms with E-state index in [0.717, 1.165) is 12.1 Å². The largest absolute Gasteiger partial charge is 0.508 e. The molecule has 0 aliphatic rings. The van der Waals surface area contributed by atoms with Gasteiger partial charge in [0, 0.05) is 17.3 Å². The fourth-order valence-corrected chi connectivity index (χ4v) is 1.57. The lowest BCUT2D eigenvalue weighted by Gasteiger charge is -2.07. The zero-order valence-corrected chi connectivity index (χ0v) is 10.1. The van der Waals surface area contributed by atoms with Gasteiger partial charge in [-0.25, -0.2) is 8.78 Å². The van der Waals surface area contributed by atoms with Crippen LogP contribution in [0.4, 0.5) is 14.5 Å².